The highest BCUT2D eigenvalue weighted by Gasteiger charge is 2.14. The van der Waals surface area contributed by atoms with Crippen molar-refractivity contribution in [3.05, 3.63) is 62.4 Å². The molecule has 0 aliphatic rings. The van der Waals surface area contributed by atoms with Gasteiger partial charge in [-0.15, -0.1) is 0 Å². The summed E-state index contributed by atoms with van der Waals surface area (Å²) in [6, 6.07) is 8.41. The number of nitro benzene ring substituents is 1. The quantitative estimate of drug-likeness (QED) is 0.504. The molecule has 5 nitrogen and oxygen atoms in total. The van der Waals surface area contributed by atoms with Crippen molar-refractivity contribution in [3.8, 4) is 5.75 Å². The maximum atomic E-state index is 13.3. The summed E-state index contributed by atoms with van der Waals surface area (Å²) in [6.45, 7) is 0.232. The van der Waals surface area contributed by atoms with Gasteiger partial charge in [0.15, 0.2) is 0 Å². The number of phenolic OH excluding ortho intramolecular Hbond substituents is 1. The largest absolute Gasteiger partial charge is 0.508 e. The van der Waals surface area contributed by atoms with Crippen LogP contribution in [0.4, 0.5) is 15.8 Å². The van der Waals surface area contributed by atoms with Gasteiger partial charge in [0.2, 0.25) is 0 Å². The average molecular weight is 341 g/mol. The van der Waals surface area contributed by atoms with E-state index in [1.165, 1.54) is 18.2 Å². The molecule has 2 aromatic carbocycles. The SMILES string of the molecule is O=[N+]([O-])c1cc(O)ccc1NCc1ccc(Br)c(F)c1. The molecular weight excluding hydrogens is 331 g/mol. The van der Waals surface area contributed by atoms with Gasteiger partial charge in [-0.25, -0.2) is 4.39 Å². The average Bonchev–Trinajstić information content (AvgIpc) is 2.41. The van der Waals surface area contributed by atoms with E-state index < -0.39 is 10.7 Å². The molecule has 0 aliphatic heterocycles. The number of nitrogens with zero attached hydrogens (tertiary/aromatic N) is 1. The Balaban J connectivity index is 2.18. The number of hydrogen-bond donors (Lipinski definition) is 2. The van der Waals surface area contributed by atoms with E-state index in [1.807, 2.05) is 0 Å². The van der Waals surface area contributed by atoms with Gasteiger partial charge < -0.3 is 10.4 Å². The van der Waals surface area contributed by atoms with Crippen molar-refractivity contribution in [3.63, 3.8) is 0 Å². The van der Waals surface area contributed by atoms with E-state index in [0.717, 1.165) is 6.07 Å². The van der Waals surface area contributed by atoms with Crippen molar-refractivity contribution in [2.75, 3.05) is 5.32 Å². The van der Waals surface area contributed by atoms with E-state index in [4.69, 9.17) is 0 Å². The molecule has 2 N–H and O–H groups in total. The number of hydrogen-bond acceptors (Lipinski definition) is 4. The van der Waals surface area contributed by atoms with Gasteiger partial charge in [-0.1, -0.05) is 6.07 Å². The molecule has 2 aromatic rings. The lowest BCUT2D eigenvalue weighted by Gasteiger charge is -2.08. The predicted molar refractivity (Wildman–Crippen MR) is 76.2 cm³/mol. The smallest absolute Gasteiger partial charge is 0.296 e. The molecule has 7 heteroatoms. The minimum absolute atomic E-state index is 0.183. The zero-order chi connectivity index (χ0) is 14.7. The second kappa shape index (κ2) is 5.87. The van der Waals surface area contributed by atoms with Crippen LogP contribution in [0, 0.1) is 15.9 Å². The van der Waals surface area contributed by atoms with E-state index in [9.17, 15) is 19.6 Å². The first-order valence-corrected chi connectivity index (χ1v) is 6.42. The van der Waals surface area contributed by atoms with Gasteiger partial charge in [0.25, 0.3) is 5.69 Å². The Labute approximate surface area is 122 Å². The van der Waals surface area contributed by atoms with Crippen molar-refractivity contribution in [2.24, 2.45) is 0 Å². The Morgan fingerprint density at radius 1 is 1.30 bits per heavy atom. The zero-order valence-corrected chi connectivity index (χ0v) is 11.7. The summed E-state index contributed by atoms with van der Waals surface area (Å²) in [5.41, 5.74) is 0.673. The Bertz CT molecular complexity index is 664. The number of benzene rings is 2. The lowest BCUT2D eigenvalue weighted by atomic mass is 10.2. The molecule has 0 spiro atoms. The molecule has 2 rings (SSSR count). The second-order valence-electron chi connectivity index (χ2n) is 4.06. The van der Waals surface area contributed by atoms with E-state index in [0.29, 0.717) is 10.0 Å². The van der Waals surface area contributed by atoms with E-state index in [2.05, 4.69) is 21.2 Å². The first-order valence-electron chi connectivity index (χ1n) is 5.62. The van der Waals surface area contributed by atoms with Crippen LogP contribution in [0.3, 0.4) is 0 Å². The molecule has 0 saturated heterocycles. The number of aromatic hydroxyl groups is 1. The van der Waals surface area contributed by atoms with Crippen molar-refractivity contribution >= 4 is 27.3 Å². The third-order valence-corrected chi connectivity index (χ3v) is 3.29. The lowest BCUT2D eigenvalue weighted by molar-refractivity contribution is -0.384. The summed E-state index contributed by atoms with van der Waals surface area (Å²) in [5.74, 6) is -0.582. The molecule has 0 atom stereocenters. The Morgan fingerprint density at radius 3 is 2.70 bits per heavy atom. The minimum Gasteiger partial charge on any atom is -0.508 e. The molecule has 0 saturated carbocycles. The summed E-state index contributed by atoms with van der Waals surface area (Å²) in [4.78, 5) is 10.3. The molecular formula is C13H10BrFN2O3. The fraction of sp³-hybridized carbons (Fsp3) is 0.0769. The van der Waals surface area contributed by atoms with Gasteiger partial charge >= 0.3 is 0 Å². The number of halogens is 2. The number of nitro groups is 1. The lowest BCUT2D eigenvalue weighted by Crippen LogP contribution is -2.03. The van der Waals surface area contributed by atoms with Crippen LogP contribution in [0.1, 0.15) is 5.56 Å². The molecule has 0 bridgehead atoms. The minimum atomic E-state index is -0.593. The predicted octanol–water partition coefficient (Wildman–Crippen LogP) is 3.81. The fourth-order valence-corrected chi connectivity index (χ4v) is 1.91. The highest BCUT2D eigenvalue weighted by molar-refractivity contribution is 9.10. The number of nitrogens with one attached hydrogen (secondary N) is 1. The molecule has 0 heterocycles. The molecule has 0 fully saturated rings. The van der Waals surface area contributed by atoms with Gasteiger partial charge in [0, 0.05) is 6.54 Å². The Morgan fingerprint density at radius 2 is 2.05 bits per heavy atom. The van der Waals surface area contributed by atoms with Crippen molar-refractivity contribution in [1.29, 1.82) is 0 Å². The van der Waals surface area contributed by atoms with Gasteiger partial charge in [-0.05, 0) is 45.8 Å². The van der Waals surface area contributed by atoms with E-state index >= 15 is 0 Å². The molecule has 0 aromatic heterocycles. The van der Waals surface area contributed by atoms with Crippen LogP contribution in [0.5, 0.6) is 5.75 Å². The number of phenols is 1. The van der Waals surface area contributed by atoms with E-state index in [1.54, 1.807) is 12.1 Å². The molecule has 0 amide bonds. The van der Waals surface area contributed by atoms with Crippen LogP contribution in [-0.4, -0.2) is 10.0 Å². The third-order valence-electron chi connectivity index (χ3n) is 2.64. The van der Waals surface area contributed by atoms with Crippen LogP contribution >= 0.6 is 15.9 Å². The summed E-state index contributed by atoms with van der Waals surface area (Å²) >= 11 is 3.05. The van der Waals surface area contributed by atoms with Crippen molar-refractivity contribution in [1.82, 2.24) is 0 Å². The topological polar surface area (TPSA) is 75.4 Å². The maximum Gasteiger partial charge on any atom is 0.296 e. The van der Waals surface area contributed by atoms with E-state index in [-0.39, 0.29) is 23.7 Å². The summed E-state index contributed by atoms with van der Waals surface area (Å²) in [5, 5.41) is 23.0. The van der Waals surface area contributed by atoms with Gasteiger partial charge in [-0.2, -0.15) is 0 Å². The third kappa shape index (κ3) is 3.24. The standard InChI is InChI=1S/C13H10BrFN2O3/c14-10-3-1-8(5-11(10)15)7-16-12-4-2-9(18)6-13(12)17(19)20/h1-6,16,18H,7H2. The summed E-state index contributed by atoms with van der Waals surface area (Å²) in [6.07, 6.45) is 0. The summed E-state index contributed by atoms with van der Waals surface area (Å²) in [7, 11) is 0. The molecule has 0 radical (unpaired) electrons. The van der Waals surface area contributed by atoms with Crippen LogP contribution < -0.4 is 5.32 Å². The summed E-state index contributed by atoms with van der Waals surface area (Å²) < 4.78 is 13.7. The van der Waals surface area contributed by atoms with Crippen LogP contribution in [0.2, 0.25) is 0 Å². The van der Waals surface area contributed by atoms with Crippen LogP contribution in [0.15, 0.2) is 40.9 Å². The Hall–Kier alpha value is -2.15. The number of rotatable bonds is 4. The maximum absolute atomic E-state index is 13.3. The van der Waals surface area contributed by atoms with Gasteiger partial charge in [-0.3, -0.25) is 10.1 Å². The van der Waals surface area contributed by atoms with Crippen molar-refractivity contribution in [2.45, 2.75) is 6.54 Å². The molecule has 0 unspecified atom stereocenters. The molecule has 20 heavy (non-hydrogen) atoms. The Kier molecular flexibility index (Phi) is 4.19. The fourth-order valence-electron chi connectivity index (χ4n) is 1.67. The van der Waals surface area contributed by atoms with Crippen molar-refractivity contribution < 1.29 is 14.4 Å². The first kappa shape index (κ1) is 14.3. The van der Waals surface area contributed by atoms with Gasteiger partial charge in [0.05, 0.1) is 15.5 Å². The van der Waals surface area contributed by atoms with Crippen LogP contribution in [0.25, 0.3) is 0 Å². The molecule has 0 aliphatic carbocycles. The second-order valence-corrected chi connectivity index (χ2v) is 4.91. The molecule has 104 valence electrons. The normalized spacial score (nSPS) is 10.3. The number of anilines is 1. The highest BCUT2D eigenvalue weighted by Crippen LogP contribution is 2.28. The highest BCUT2D eigenvalue weighted by atomic mass is 79.9. The van der Waals surface area contributed by atoms with Gasteiger partial charge in [0.1, 0.15) is 17.3 Å². The van der Waals surface area contributed by atoms with Crippen LogP contribution in [-0.2, 0) is 6.54 Å². The monoisotopic (exact) mass is 340 g/mol. The zero-order valence-electron chi connectivity index (χ0n) is 10.1. The first-order chi connectivity index (χ1) is 9.47.